The number of alkyl halides is 6. The fourth-order valence-electron chi connectivity index (χ4n) is 6.19. The highest BCUT2D eigenvalue weighted by Gasteiger charge is 2.70. The molecule has 3 aliphatic carbocycles. The van der Waals surface area contributed by atoms with E-state index in [0.717, 1.165) is 17.6 Å². The van der Waals surface area contributed by atoms with Gasteiger partial charge in [-0.25, -0.2) is 0 Å². The quantitative estimate of drug-likeness (QED) is 0.227. The standard InChI is InChI=1S/C27H34F6O5/c1-16(34)37-21-13-18(14-22(15-21)38-17(2)35)6-7-19-5-4-11-24(3)20(8-9-23(19)24)10-12-25(36,26(28,29)30)27(31,32)33/h6-8,21-23,36H,4-5,9-15H2,1-3H3/b18-6?,19-7+/t21-,22?,23?,24-/m1/s1. The van der Waals surface area contributed by atoms with Crippen LogP contribution >= 0.6 is 0 Å². The molecule has 1 N–H and O–H groups in total. The smallest absolute Gasteiger partial charge is 0.426 e. The Morgan fingerprint density at radius 1 is 1.03 bits per heavy atom. The fraction of sp³-hybridized carbons (Fsp3) is 0.704. The Morgan fingerprint density at radius 2 is 1.58 bits per heavy atom. The number of rotatable bonds is 6. The minimum Gasteiger partial charge on any atom is -0.462 e. The second kappa shape index (κ2) is 11.1. The van der Waals surface area contributed by atoms with Crippen molar-refractivity contribution in [1.29, 1.82) is 0 Å². The van der Waals surface area contributed by atoms with Crippen LogP contribution in [0.1, 0.15) is 78.6 Å². The number of carbonyl (C=O) groups is 2. The summed E-state index contributed by atoms with van der Waals surface area (Å²) in [6, 6.07) is 0. The number of hydrogen-bond acceptors (Lipinski definition) is 5. The molecule has 0 aromatic carbocycles. The van der Waals surface area contributed by atoms with E-state index < -0.39 is 60.4 Å². The molecule has 214 valence electrons. The molecule has 4 atom stereocenters. The monoisotopic (exact) mass is 552 g/mol. The first-order chi connectivity index (χ1) is 17.5. The summed E-state index contributed by atoms with van der Waals surface area (Å²) in [5.41, 5.74) is -2.90. The second-order valence-electron chi connectivity index (χ2n) is 10.8. The van der Waals surface area contributed by atoms with Crippen molar-refractivity contribution in [1.82, 2.24) is 0 Å². The minimum atomic E-state index is -5.83. The Morgan fingerprint density at radius 3 is 2.08 bits per heavy atom. The third-order valence-electron chi connectivity index (χ3n) is 8.11. The van der Waals surface area contributed by atoms with Gasteiger partial charge in [0.1, 0.15) is 12.2 Å². The molecule has 0 aromatic heterocycles. The molecule has 0 amide bonds. The Kier molecular flexibility index (Phi) is 8.80. The van der Waals surface area contributed by atoms with Crippen molar-refractivity contribution >= 4 is 11.9 Å². The summed E-state index contributed by atoms with van der Waals surface area (Å²) in [4.78, 5) is 22.9. The van der Waals surface area contributed by atoms with Gasteiger partial charge in [0.15, 0.2) is 0 Å². The molecule has 0 heterocycles. The van der Waals surface area contributed by atoms with Crippen LogP contribution in [0.2, 0.25) is 0 Å². The summed E-state index contributed by atoms with van der Waals surface area (Å²) in [7, 11) is 0. The lowest BCUT2D eigenvalue weighted by molar-refractivity contribution is -0.369. The number of hydrogen-bond donors (Lipinski definition) is 1. The number of fused-ring (bicyclic) bond motifs is 1. The zero-order chi connectivity index (χ0) is 28.5. The van der Waals surface area contributed by atoms with Gasteiger partial charge in [0.2, 0.25) is 0 Å². The molecule has 0 bridgehead atoms. The van der Waals surface area contributed by atoms with Crippen molar-refractivity contribution in [2.45, 2.75) is 109 Å². The number of carbonyl (C=O) groups excluding carboxylic acids is 2. The van der Waals surface area contributed by atoms with Gasteiger partial charge in [0.05, 0.1) is 0 Å². The third kappa shape index (κ3) is 6.46. The van der Waals surface area contributed by atoms with Crippen molar-refractivity contribution in [2.75, 3.05) is 0 Å². The molecule has 0 spiro atoms. The van der Waals surface area contributed by atoms with E-state index in [0.29, 0.717) is 44.1 Å². The van der Waals surface area contributed by atoms with E-state index in [1.54, 1.807) is 6.08 Å². The summed E-state index contributed by atoms with van der Waals surface area (Å²) in [6.07, 6.45) is -5.06. The predicted molar refractivity (Wildman–Crippen MR) is 126 cm³/mol. The van der Waals surface area contributed by atoms with Crippen LogP contribution in [0.4, 0.5) is 26.3 Å². The molecule has 0 aliphatic heterocycles. The van der Waals surface area contributed by atoms with Crippen LogP contribution in [0.3, 0.4) is 0 Å². The van der Waals surface area contributed by atoms with Crippen LogP contribution in [0.25, 0.3) is 0 Å². The maximum atomic E-state index is 13.2. The van der Waals surface area contributed by atoms with E-state index in [1.165, 1.54) is 13.8 Å². The summed E-state index contributed by atoms with van der Waals surface area (Å²) < 4.78 is 89.8. The number of allylic oxidation sites excluding steroid dienone is 5. The van der Waals surface area contributed by atoms with Crippen molar-refractivity contribution in [3.8, 4) is 0 Å². The van der Waals surface area contributed by atoms with Crippen LogP contribution in [0.5, 0.6) is 0 Å². The van der Waals surface area contributed by atoms with Crippen molar-refractivity contribution in [3.05, 3.63) is 34.9 Å². The highest BCUT2D eigenvalue weighted by Crippen LogP contribution is 2.57. The van der Waals surface area contributed by atoms with Gasteiger partial charge in [-0.3, -0.25) is 9.59 Å². The Labute approximate surface area is 217 Å². The highest BCUT2D eigenvalue weighted by molar-refractivity contribution is 5.67. The van der Waals surface area contributed by atoms with E-state index in [-0.39, 0.29) is 5.92 Å². The third-order valence-corrected chi connectivity index (χ3v) is 8.11. The van der Waals surface area contributed by atoms with E-state index in [9.17, 15) is 41.0 Å². The van der Waals surface area contributed by atoms with Gasteiger partial charge in [0, 0.05) is 33.1 Å². The number of ether oxygens (including phenoxy) is 2. The zero-order valence-corrected chi connectivity index (χ0v) is 21.7. The normalized spacial score (nSPS) is 30.7. The molecule has 11 heteroatoms. The summed E-state index contributed by atoms with van der Waals surface area (Å²) in [5, 5.41) is 9.60. The van der Waals surface area contributed by atoms with Crippen LogP contribution in [0, 0.1) is 11.3 Å². The average molecular weight is 553 g/mol. The van der Waals surface area contributed by atoms with Crippen LogP contribution < -0.4 is 0 Å². The molecular formula is C27H34F6O5. The average Bonchev–Trinajstić information content (AvgIpc) is 3.10. The fourth-order valence-corrected chi connectivity index (χ4v) is 6.19. The molecule has 2 unspecified atom stereocenters. The maximum Gasteiger partial charge on any atom is 0.426 e. The van der Waals surface area contributed by atoms with E-state index in [4.69, 9.17) is 9.47 Å². The molecule has 3 rings (SSSR count). The molecule has 0 saturated heterocycles. The number of halogens is 6. The summed E-state index contributed by atoms with van der Waals surface area (Å²) in [6.45, 7) is 4.47. The van der Waals surface area contributed by atoms with Gasteiger partial charge in [-0.15, -0.1) is 0 Å². The SMILES string of the molecule is CC(=O)OC1CC(=C/C=C2\CCC[C@]3(C)C(CCC(O)(C(F)(F)F)C(F)(F)F)=CCC23)C[C@@H](OC(C)=O)C1. The number of esters is 2. The molecule has 2 fully saturated rings. The molecule has 3 aliphatic rings. The molecule has 38 heavy (non-hydrogen) atoms. The van der Waals surface area contributed by atoms with Gasteiger partial charge < -0.3 is 14.6 Å². The van der Waals surface area contributed by atoms with Crippen molar-refractivity contribution in [3.63, 3.8) is 0 Å². The Bertz CT molecular complexity index is 968. The largest absolute Gasteiger partial charge is 0.462 e. The maximum absolute atomic E-state index is 13.2. The van der Waals surface area contributed by atoms with E-state index in [2.05, 4.69) is 0 Å². The lowest BCUT2D eigenvalue weighted by atomic mass is 9.63. The summed E-state index contributed by atoms with van der Waals surface area (Å²) >= 11 is 0. The minimum absolute atomic E-state index is 0.0786. The lowest BCUT2D eigenvalue weighted by Gasteiger charge is -2.42. The van der Waals surface area contributed by atoms with Crippen molar-refractivity contribution in [2.24, 2.45) is 11.3 Å². The number of aliphatic hydroxyl groups is 1. The Hall–Kier alpha value is -2.30. The molecule has 5 nitrogen and oxygen atoms in total. The predicted octanol–water partition coefficient (Wildman–Crippen LogP) is 6.66. The lowest BCUT2D eigenvalue weighted by Crippen LogP contribution is -2.56. The van der Waals surface area contributed by atoms with Crippen molar-refractivity contribution < 1.29 is 50.5 Å². The van der Waals surface area contributed by atoms with Gasteiger partial charge in [-0.1, -0.05) is 41.9 Å². The zero-order valence-electron chi connectivity index (χ0n) is 21.7. The van der Waals surface area contributed by atoms with Crippen LogP contribution in [-0.2, 0) is 19.1 Å². The van der Waals surface area contributed by atoms with Gasteiger partial charge in [0.25, 0.3) is 5.60 Å². The molecule has 2 saturated carbocycles. The molecule has 0 aromatic rings. The first-order valence-electron chi connectivity index (χ1n) is 12.7. The van der Waals surface area contributed by atoms with Gasteiger partial charge in [-0.05, 0) is 49.9 Å². The first-order valence-corrected chi connectivity index (χ1v) is 12.7. The van der Waals surface area contributed by atoms with Crippen LogP contribution in [0.15, 0.2) is 34.9 Å². The molecular weight excluding hydrogens is 518 g/mol. The topological polar surface area (TPSA) is 72.8 Å². The highest BCUT2D eigenvalue weighted by atomic mass is 19.4. The molecule has 0 radical (unpaired) electrons. The first kappa shape index (κ1) is 30.2. The van der Waals surface area contributed by atoms with Gasteiger partial charge >= 0.3 is 24.3 Å². The summed E-state index contributed by atoms with van der Waals surface area (Å²) in [5.74, 6) is -0.955. The van der Waals surface area contributed by atoms with Gasteiger partial charge in [-0.2, -0.15) is 26.3 Å². The van der Waals surface area contributed by atoms with E-state index in [1.807, 2.05) is 19.1 Å². The van der Waals surface area contributed by atoms with E-state index >= 15 is 0 Å². The second-order valence-corrected chi connectivity index (χ2v) is 10.8. The van der Waals surface area contributed by atoms with Crippen LogP contribution in [-0.4, -0.2) is 47.2 Å². The Balaban J connectivity index is 1.77.